The first-order valence-electron chi connectivity index (χ1n) is 14.9. The smallest absolute Gasteiger partial charge is 0.282 e. The number of fused-ring (bicyclic) bond motifs is 2. The van der Waals surface area contributed by atoms with Gasteiger partial charge in [0.25, 0.3) is 5.91 Å². The van der Waals surface area contributed by atoms with Crippen molar-refractivity contribution < 1.29 is 19.0 Å². The van der Waals surface area contributed by atoms with Crippen LogP contribution in [0.4, 0.5) is 15.8 Å². The number of phenols is 1. The van der Waals surface area contributed by atoms with Crippen LogP contribution in [0.15, 0.2) is 48.8 Å². The molecule has 0 radical (unpaired) electrons. The molecule has 9 nitrogen and oxygen atoms in total. The monoisotopic (exact) mass is 584 g/mol. The number of likely N-dealkylation sites (N-methyl/N-ethyl adjacent to an activating group) is 1. The van der Waals surface area contributed by atoms with E-state index in [1.165, 1.54) is 4.90 Å². The van der Waals surface area contributed by atoms with Crippen LogP contribution in [0.25, 0.3) is 10.8 Å². The van der Waals surface area contributed by atoms with Crippen molar-refractivity contribution in [2.45, 2.75) is 44.8 Å². The minimum absolute atomic E-state index is 0.227. The Morgan fingerprint density at radius 3 is 2.77 bits per heavy atom. The summed E-state index contributed by atoms with van der Waals surface area (Å²) >= 11 is 0. The molecule has 10 heteroatoms. The third kappa shape index (κ3) is 5.45. The van der Waals surface area contributed by atoms with Crippen molar-refractivity contribution in [2.75, 3.05) is 56.2 Å². The third-order valence-corrected chi connectivity index (χ3v) is 9.11. The standard InChI is InChI=1S/C33H37FN6O3/c1-21-18-39(14-15-40(21)33(42)22(2)34)31-27-11-13-38(30-8-4-6-23-16-25(41)9-10-26(23)30)19-29(27)36-32(28(31)17-35)43-20-24-7-5-12-37(24)3/h4,6,8-10,16,21,24,41H,2,5,7,11-15,18-20H2,1,3H3/t21-,24+/m1/s1. The van der Waals surface area contributed by atoms with Crippen LogP contribution in [0, 0.1) is 11.3 Å². The fraction of sp³-hybridized carbons (Fsp3) is 0.424. The second-order valence-electron chi connectivity index (χ2n) is 11.8. The van der Waals surface area contributed by atoms with Gasteiger partial charge in [-0.2, -0.15) is 5.26 Å². The van der Waals surface area contributed by atoms with Gasteiger partial charge in [0.1, 0.15) is 24.0 Å². The zero-order valence-electron chi connectivity index (χ0n) is 24.7. The molecule has 0 bridgehead atoms. The minimum atomic E-state index is -0.962. The number of carbonyl (C=O) groups is 1. The molecule has 2 fully saturated rings. The second kappa shape index (κ2) is 11.7. The Labute approximate surface area is 251 Å². The van der Waals surface area contributed by atoms with Crippen molar-refractivity contribution in [1.29, 1.82) is 5.26 Å². The Morgan fingerprint density at radius 2 is 2.05 bits per heavy atom. The average molecular weight is 585 g/mol. The SMILES string of the molecule is C=C(F)C(=O)N1CCN(c2c(C#N)c(OC[C@@H]3CCCN3C)nc3c2CCN(c2cccc4cc(O)ccc24)C3)C[C@H]1C. The van der Waals surface area contributed by atoms with Gasteiger partial charge >= 0.3 is 0 Å². The van der Waals surface area contributed by atoms with E-state index in [9.17, 15) is 19.6 Å². The predicted octanol–water partition coefficient (Wildman–Crippen LogP) is 4.37. The fourth-order valence-corrected chi connectivity index (χ4v) is 6.81. The Hall–Kier alpha value is -4.36. The van der Waals surface area contributed by atoms with E-state index in [0.717, 1.165) is 59.3 Å². The molecular formula is C33H37FN6O3. The summed E-state index contributed by atoms with van der Waals surface area (Å²) in [6, 6.07) is 13.9. The molecule has 2 aromatic carbocycles. The van der Waals surface area contributed by atoms with E-state index >= 15 is 0 Å². The first-order chi connectivity index (χ1) is 20.7. The Bertz CT molecular complexity index is 1620. The highest BCUT2D eigenvalue weighted by atomic mass is 19.1. The van der Waals surface area contributed by atoms with E-state index in [0.29, 0.717) is 50.7 Å². The number of phenolic OH excluding ortho intramolecular Hbond substituents is 1. The molecule has 0 saturated carbocycles. The molecule has 3 aromatic rings. The van der Waals surface area contributed by atoms with E-state index in [2.05, 4.69) is 40.5 Å². The molecule has 2 saturated heterocycles. The molecule has 1 N–H and O–H groups in total. The number of halogens is 1. The molecule has 1 aromatic heterocycles. The Balaban J connectivity index is 1.38. The van der Waals surface area contributed by atoms with Crippen LogP contribution in [0.5, 0.6) is 11.6 Å². The van der Waals surface area contributed by atoms with Gasteiger partial charge in [-0.15, -0.1) is 0 Å². The van der Waals surface area contributed by atoms with Gasteiger partial charge in [-0.05, 0) is 69.4 Å². The van der Waals surface area contributed by atoms with E-state index in [1.54, 1.807) is 12.1 Å². The number of carbonyl (C=O) groups excluding carboxylic acids is 1. The molecule has 3 aliphatic heterocycles. The summed E-state index contributed by atoms with van der Waals surface area (Å²) in [4.78, 5) is 25.6. The molecule has 0 spiro atoms. The van der Waals surface area contributed by atoms with E-state index < -0.39 is 11.7 Å². The average Bonchev–Trinajstić information content (AvgIpc) is 3.42. The topological polar surface area (TPSA) is 96.2 Å². The lowest BCUT2D eigenvalue weighted by molar-refractivity contribution is -0.131. The molecule has 4 heterocycles. The van der Waals surface area contributed by atoms with Crippen LogP contribution in [-0.4, -0.2) is 84.3 Å². The molecule has 1 amide bonds. The number of amides is 1. The Kier molecular flexibility index (Phi) is 7.84. The molecule has 224 valence electrons. The molecule has 2 atom stereocenters. The van der Waals surface area contributed by atoms with Crippen LogP contribution in [-0.2, 0) is 17.8 Å². The number of anilines is 2. The van der Waals surface area contributed by atoms with Gasteiger partial charge in [0.15, 0.2) is 5.83 Å². The first-order valence-corrected chi connectivity index (χ1v) is 14.9. The van der Waals surface area contributed by atoms with Crippen molar-refractivity contribution in [3.8, 4) is 17.7 Å². The van der Waals surface area contributed by atoms with E-state index in [4.69, 9.17) is 9.72 Å². The van der Waals surface area contributed by atoms with E-state index in [-0.39, 0.29) is 17.8 Å². The zero-order valence-corrected chi connectivity index (χ0v) is 24.7. The summed E-state index contributed by atoms with van der Waals surface area (Å²) in [5.74, 6) is -1.08. The van der Waals surface area contributed by atoms with Gasteiger partial charge in [-0.3, -0.25) is 4.79 Å². The summed E-state index contributed by atoms with van der Waals surface area (Å²) < 4.78 is 20.1. The largest absolute Gasteiger partial charge is 0.508 e. The maximum absolute atomic E-state index is 13.7. The number of nitriles is 1. The summed E-state index contributed by atoms with van der Waals surface area (Å²) in [5.41, 5.74) is 4.14. The number of likely N-dealkylation sites (tertiary alicyclic amines) is 1. The maximum Gasteiger partial charge on any atom is 0.282 e. The number of pyridine rings is 1. The molecule has 3 aliphatic rings. The van der Waals surface area contributed by atoms with Crippen molar-refractivity contribution in [2.24, 2.45) is 0 Å². The minimum Gasteiger partial charge on any atom is -0.508 e. The molecule has 6 rings (SSSR count). The highest BCUT2D eigenvalue weighted by Gasteiger charge is 2.35. The summed E-state index contributed by atoms with van der Waals surface area (Å²) in [5, 5.41) is 22.5. The highest BCUT2D eigenvalue weighted by Crippen LogP contribution is 2.40. The van der Waals surface area contributed by atoms with Crippen molar-refractivity contribution in [1.82, 2.24) is 14.8 Å². The number of hydrogen-bond donors (Lipinski definition) is 1. The zero-order chi connectivity index (χ0) is 30.2. The lowest BCUT2D eigenvalue weighted by atomic mass is 9.96. The van der Waals surface area contributed by atoms with Crippen LogP contribution >= 0.6 is 0 Å². The van der Waals surface area contributed by atoms with Gasteiger partial charge in [0.05, 0.1) is 17.9 Å². The molecule has 0 aliphatic carbocycles. The number of aromatic hydroxyl groups is 1. The van der Waals surface area contributed by atoms with Gasteiger partial charge in [0, 0.05) is 54.9 Å². The molecule has 0 unspecified atom stereocenters. The number of ether oxygens (including phenoxy) is 1. The summed E-state index contributed by atoms with van der Waals surface area (Å²) in [6.07, 6.45) is 2.82. The number of hydrogen-bond acceptors (Lipinski definition) is 8. The number of nitrogens with zero attached hydrogens (tertiary/aromatic N) is 6. The van der Waals surface area contributed by atoms with Crippen LogP contribution < -0.4 is 14.5 Å². The lowest BCUT2D eigenvalue weighted by Gasteiger charge is -2.42. The van der Waals surface area contributed by atoms with Gasteiger partial charge in [-0.25, -0.2) is 9.37 Å². The quantitative estimate of drug-likeness (QED) is 0.427. The number of rotatable bonds is 6. The fourth-order valence-electron chi connectivity index (χ4n) is 6.81. The summed E-state index contributed by atoms with van der Waals surface area (Å²) in [7, 11) is 2.09. The number of aromatic nitrogens is 1. The van der Waals surface area contributed by atoms with Crippen LogP contribution in [0.2, 0.25) is 0 Å². The van der Waals surface area contributed by atoms with Crippen molar-refractivity contribution in [3.63, 3.8) is 0 Å². The molecular weight excluding hydrogens is 547 g/mol. The maximum atomic E-state index is 13.7. The van der Waals surface area contributed by atoms with Crippen molar-refractivity contribution >= 4 is 28.1 Å². The van der Waals surface area contributed by atoms with Crippen molar-refractivity contribution in [3.05, 3.63) is 65.6 Å². The normalized spacial score (nSPS) is 20.7. The van der Waals surface area contributed by atoms with E-state index in [1.807, 2.05) is 25.1 Å². The first kappa shape index (κ1) is 28.7. The lowest BCUT2D eigenvalue weighted by Crippen LogP contribution is -2.54. The van der Waals surface area contributed by atoms with Crippen LogP contribution in [0.3, 0.4) is 0 Å². The summed E-state index contributed by atoms with van der Waals surface area (Å²) in [6.45, 7) is 9.02. The predicted molar refractivity (Wildman–Crippen MR) is 164 cm³/mol. The third-order valence-electron chi connectivity index (χ3n) is 9.11. The molecule has 43 heavy (non-hydrogen) atoms. The van der Waals surface area contributed by atoms with Gasteiger partial charge in [0.2, 0.25) is 5.88 Å². The number of benzene rings is 2. The van der Waals surface area contributed by atoms with Gasteiger partial charge in [-0.1, -0.05) is 18.7 Å². The second-order valence-corrected chi connectivity index (χ2v) is 11.8. The Morgan fingerprint density at radius 1 is 1.21 bits per heavy atom. The number of piperazine rings is 1. The highest BCUT2D eigenvalue weighted by molar-refractivity contribution is 5.95. The van der Waals surface area contributed by atoms with Crippen LogP contribution in [0.1, 0.15) is 36.6 Å². The van der Waals surface area contributed by atoms with Gasteiger partial charge < -0.3 is 29.4 Å².